The highest BCUT2D eigenvalue weighted by molar-refractivity contribution is 5.90. The van der Waals surface area contributed by atoms with Crippen molar-refractivity contribution >= 4 is 5.91 Å². The van der Waals surface area contributed by atoms with E-state index in [0.29, 0.717) is 24.7 Å². The van der Waals surface area contributed by atoms with Gasteiger partial charge in [0.15, 0.2) is 0 Å². The molecule has 0 aliphatic rings. The minimum Gasteiger partial charge on any atom is -0.497 e. The Hall–Kier alpha value is -3.35. The molecule has 158 valence electrons. The largest absolute Gasteiger partial charge is 0.497 e. The lowest BCUT2D eigenvalue weighted by Gasteiger charge is -2.12. The summed E-state index contributed by atoms with van der Waals surface area (Å²) < 4.78 is 12.4. The summed E-state index contributed by atoms with van der Waals surface area (Å²) in [5.41, 5.74) is 3.05. The van der Waals surface area contributed by atoms with Gasteiger partial charge in [-0.25, -0.2) is 9.67 Å². The van der Waals surface area contributed by atoms with Crippen molar-refractivity contribution in [2.45, 2.75) is 33.1 Å². The lowest BCUT2D eigenvalue weighted by atomic mass is 10.0. The van der Waals surface area contributed by atoms with Crippen molar-refractivity contribution in [3.63, 3.8) is 0 Å². The first-order valence-corrected chi connectivity index (χ1v) is 9.96. The standard InChI is InChI=1S/C23H28N4O3/c1-15(2)19-8-6-7-9-20(19)27-16(3)25-22(26-27)23(28)24-13-12-17-14-18(29-4)10-11-21(17)30-5/h6-11,14-15H,12-13H2,1-5H3,(H,24,28). The minimum absolute atomic E-state index is 0.156. The van der Waals surface area contributed by atoms with Gasteiger partial charge in [0.25, 0.3) is 5.91 Å². The molecule has 1 amide bonds. The van der Waals surface area contributed by atoms with Gasteiger partial charge < -0.3 is 14.8 Å². The molecule has 30 heavy (non-hydrogen) atoms. The van der Waals surface area contributed by atoms with Gasteiger partial charge in [-0.05, 0) is 54.7 Å². The van der Waals surface area contributed by atoms with Gasteiger partial charge in [0.2, 0.25) is 5.82 Å². The van der Waals surface area contributed by atoms with Gasteiger partial charge in [0, 0.05) is 6.54 Å². The van der Waals surface area contributed by atoms with E-state index in [2.05, 4.69) is 35.3 Å². The normalized spacial score (nSPS) is 10.9. The quantitative estimate of drug-likeness (QED) is 0.615. The molecule has 0 fully saturated rings. The van der Waals surface area contributed by atoms with Crippen molar-refractivity contribution in [2.75, 3.05) is 20.8 Å². The first-order chi connectivity index (χ1) is 14.4. The number of nitrogens with zero attached hydrogens (tertiary/aromatic N) is 3. The molecular weight excluding hydrogens is 380 g/mol. The molecule has 3 aromatic rings. The lowest BCUT2D eigenvalue weighted by Crippen LogP contribution is -2.27. The van der Waals surface area contributed by atoms with Crippen molar-refractivity contribution in [1.82, 2.24) is 20.1 Å². The van der Waals surface area contributed by atoms with E-state index in [1.165, 1.54) is 0 Å². The Morgan fingerprint density at radius 3 is 2.60 bits per heavy atom. The molecule has 7 nitrogen and oxygen atoms in total. The molecule has 1 aromatic heterocycles. The predicted molar refractivity (Wildman–Crippen MR) is 116 cm³/mol. The average molecular weight is 409 g/mol. The first-order valence-electron chi connectivity index (χ1n) is 9.96. The molecule has 0 atom stereocenters. The summed E-state index contributed by atoms with van der Waals surface area (Å²) in [7, 11) is 3.24. The van der Waals surface area contributed by atoms with Crippen LogP contribution in [0.1, 0.15) is 47.3 Å². The number of aromatic nitrogens is 3. The molecule has 0 saturated heterocycles. The molecule has 0 aliphatic carbocycles. The molecule has 0 radical (unpaired) electrons. The molecule has 2 aromatic carbocycles. The van der Waals surface area contributed by atoms with E-state index in [0.717, 1.165) is 28.3 Å². The highest BCUT2D eigenvalue weighted by Crippen LogP contribution is 2.24. The number of rotatable bonds is 8. The van der Waals surface area contributed by atoms with Gasteiger partial charge in [-0.2, -0.15) is 0 Å². The number of carbonyl (C=O) groups excluding carboxylic acids is 1. The van der Waals surface area contributed by atoms with Gasteiger partial charge in [-0.3, -0.25) is 4.79 Å². The molecule has 1 N–H and O–H groups in total. The SMILES string of the molecule is COc1ccc(OC)c(CCNC(=O)c2nc(C)n(-c3ccccc3C(C)C)n2)c1. The molecule has 1 heterocycles. The molecule has 0 spiro atoms. The van der Waals surface area contributed by atoms with Crippen LogP contribution in [0, 0.1) is 6.92 Å². The first kappa shape index (κ1) is 21.4. The maximum absolute atomic E-state index is 12.6. The summed E-state index contributed by atoms with van der Waals surface area (Å²) in [4.78, 5) is 17.0. The second kappa shape index (κ2) is 9.43. The lowest BCUT2D eigenvalue weighted by molar-refractivity contribution is 0.0943. The molecule has 0 unspecified atom stereocenters. The van der Waals surface area contributed by atoms with Gasteiger partial charge in [0.05, 0.1) is 19.9 Å². The monoisotopic (exact) mass is 408 g/mol. The topological polar surface area (TPSA) is 78.3 Å². The molecule has 7 heteroatoms. The van der Waals surface area contributed by atoms with Crippen molar-refractivity contribution < 1.29 is 14.3 Å². The maximum atomic E-state index is 12.6. The third-order valence-electron chi connectivity index (χ3n) is 4.93. The van der Waals surface area contributed by atoms with Crippen LogP contribution in [-0.4, -0.2) is 41.4 Å². The van der Waals surface area contributed by atoms with Crippen molar-refractivity contribution in [1.29, 1.82) is 0 Å². The fourth-order valence-electron chi connectivity index (χ4n) is 3.35. The number of nitrogens with one attached hydrogen (secondary N) is 1. The Labute approximate surface area is 177 Å². The number of hydrogen-bond acceptors (Lipinski definition) is 5. The van der Waals surface area contributed by atoms with E-state index in [4.69, 9.17) is 9.47 Å². The van der Waals surface area contributed by atoms with E-state index in [1.54, 1.807) is 18.9 Å². The Morgan fingerprint density at radius 2 is 1.90 bits per heavy atom. The Bertz CT molecular complexity index is 1030. The van der Waals surface area contributed by atoms with Gasteiger partial charge in [0.1, 0.15) is 17.3 Å². The molecule has 0 bridgehead atoms. The highest BCUT2D eigenvalue weighted by Gasteiger charge is 2.17. The van der Waals surface area contributed by atoms with Crippen LogP contribution < -0.4 is 14.8 Å². The van der Waals surface area contributed by atoms with Gasteiger partial charge in [-0.15, -0.1) is 5.10 Å². The van der Waals surface area contributed by atoms with E-state index >= 15 is 0 Å². The third kappa shape index (κ3) is 4.62. The fourth-order valence-corrected chi connectivity index (χ4v) is 3.35. The zero-order valence-corrected chi connectivity index (χ0v) is 18.1. The van der Waals surface area contributed by atoms with Crippen LogP contribution in [0.15, 0.2) is 42.5 Å². The summed E-state index contributed by atoms with van der Waals surface area (Å²) in [6.07, 6.45) is 0.599. The van der Waals surface area contributed by atoms with Crippen LogP contribution in [0.2, 0.25) is 0 Å². The average Bonchev–Trinajstić information content (AvgIpc) is 3.15. The summed E-state index contributed by atoms with van der Waals surface area (Å²) in [5.74, 6) is 2.36. The third-order valence-corrected chi connectivity index (χ3v) is 4.93. The molecule has 3 rings (SSSR count). The predicted octanol–water partition coefficient (Wildman–Crippen LogP) is 3.69. The highest BCUT2D eigenvalue weighted by atomic mass is 16.5. The van der Waals surface area contributed by atoms with Crippen LogP contribution in [-0.2, 0) is 6.42 Å². The summed E-state index contributed by atoms with van der Waals surface area (Å²) >= 11 is 0. The number of aryl methyl sites for hydroxylation is 1. The Kier molecular flexibility index (Phi) is 6.72. The number of methoxy groups -OCH3 is 2. The van der Waals surface area contributed by atoms with Gasteiger partial charge >= 0.3 is 0 Å². The Balaban J connectivity index is 1.72. The van der Waals surface area contributed by atoms with Crippen molar-refractivity contribution in [2.24, 2.45) is 0 Å². The van der Waals surface area contributed by atoms with Crippen LogP contribution in [0.3, 0.4) is 0 Å². The number of benzene rings is 2. The van der Waals surface area contributed by atoms with E-state index in [-0.39, 0.29) is 11.7 Å². The smallest absolute Gasteiger partial charge is 0.290 e. The maximum Gasteiger partial charge on any atom is 0.290 e. The summed E-state index contributed by atoms with van der Waals surface area (Å²) in [5, 5.41) is 7.35. The van der Waals surface area contributed by atoms with Crippen LogP contribution >= 0.6 is 0 Å². The fraction of sp³-hybridized carbons (Fsp3) is 0.348. The zero-order chi connectivity index (χ0) is 21.7. The van der Waals surface area contributed by atoms with Gasteiger partial charge in [-0.1, -0.05) is 32.0 Å². The van der Waals surface area contributed by atoms with Crippen molar-refractivity contribution in [3.05, 3.63) is 65.2 Å². The molecular formula is C23H28N4O3. The van der Waals surface area contributed by atoms with E-state index in [9.17, 15) is 4.79 Å². The molecule has 0 saturated carbocycles. The zero-order valence-electron chi connectivity index (χ0n) is 18.1. The Morgan fingerprint density at radius 1 is 1.13 bits per heavy atom. The number of para-hydroxylation sites is 1. The van der Waals surface area contributed by atoms with Crippen molar-refractivity contribution in [3.8, 4) is 17.2 Å². The number of ether oxygens (including phenoxy) is 2. The van der Waals surface area contributed by atoms with Crippen LogP contribution in [0.4, 0.5) is 0 Å². The van der Waals surface area contributed by atoms with E-state index in [1.807, 2.05) is 43.3 Å². The van der Waals surface area contributed by atoms with Crippen LogP contribution in [0.5, 0.6) is 11.5 Å². The summed E-state index contributed by atoms with van der Waals surface area (Å²) in [6, 6.07) is 13.6. The minimum atomic E-state index is -0.305. The number of hydrogen-bond donors (Lipinski definition) is 1. The number of amides is 1. The summed E-state index contributed by atoms with van der Waals surface area (Å²) in [6.45, 7) is 6.54. The second-order valence-electron chi connectivity index (χ2n) is 7.29. The number of carbonyl (C=O) groups is 1. The second-order valence-corrected chi connectivity index (χ2v) is 7.29. The molecule has 0 aliphatic heterocycles. The van der Waals surface area contributed by atoms with Crippen LogP contribution in [0.25, 0.3) is 5.69 Å². The van der Waals surface area contributed by atoms with E-state index < -0.39 is 0 Å².